The molecule has 3 heteroatoms. The van der Waals surface area contributed by atoms with Gasteiger partial charge in [0.25, 0.3) is 0 Å². The molecule has 0 aromatic heterocycles. The minimum atomic E-state index is 0.747. The van der Waals surface area contributed by atoms with Crippen LogP contribution in [0.3, 0.4) is 0 Å². The molecule has 48 valence electrons. The molecule has 0 atom stereocenters. The van der Waals surface area contributed by atoms with Gasteiger partial charge in [0.05, 0.1) is 0 Å². The Hall–Kier alpha value is -0.150. The van der Waals surface area contributed by atoms with Crippen LogP contribution in [0.5, 0.6) is 0 Å². The van der Waals surface area contributed by atoms with Crippen LogP contribution in [0.25, 0.3) is 0 Å². The third kappa shape index (κ3) is 1.42. The molecule has 1 saturated heterocycles. The highest BCUT2D eigenvalue weighted by atomic mass is 19.3. The molecule has 1 heterocycles. The van der Waals surface area contributed by atoms with Crippen molar-refractivity contribution in [1.29, 1.82) is 0 Å². The van der Waals surface area contributed by atoms with Gasteiger partial charge in [0.2, 0.25) is 0 Å². The zero-order chi connectivity index (χ0) is 5.82. The van der Waals surface area contributed by atoms with Crippen LogP contribution in [0.4, 0.5) is 4.53 Å². The Morgan fingerprint density at radius 2 is 1.75 bits per heavy atom. The maximum atomic E-state index is 11.3. The fourth-order valence-electron chi connectivity index (χ4n) is 0.934. The second-order valence-corrected chi connectivity index (χ2v) is 2.06. The Balaban J connectivity index is 2.13. The highest BCUT2D eigenvalue weighted by Gasteiger charge is 2.09. The largest absolute Gasteiger partial charge is 0.152 e. The quantitative estimate of drug-likeness (QED) is 0.515. The first-order chi connectivity index (χ1) is 3.93. The predicted molar refractivity (Wildman–Crippen MR) is 27.6 cm³/mol. The average Bonchev–Trinajstić information content (AvgIpc) is 1.90. The minimum Gasteiger partial charge on any atom is -0.152 e. The first kappa shape index (κ1) is 5.98. The summed E-state index contributed by atoms with van der Waals surface area (Å²) in [7, 11) is 0. The highest BCUT2D eigenvalue weighted by Crippen LogP contribution is 2.08. The number of halogens is 1. The summed E-state index contributed by atoms with van der Waals surface area (Å²) in [6, 6.07) is 0. The number of rotatable bonds is 1. The fourth-order valence-corrected chi connectivity index (χ4v) is 0.934. The number of hydrogen-bond donors (Lipinski definition) is 0. The van der Waals surface area contributed by atoms with Crippen molar-refractivity contribution in [3.63, 3.8) is 0 Å². The monoisotopic (exact) mass is 119 g/mol. The van der Waals surface area contributed by atoms with Crippen molar-refractivity contribution < 1.29 is 9.57 Å². The molecule has 0 saturated carbocycles. The molecule has 0 unspecified atom stereocenters. The lowest BCUT2D eigenvalue weighted by atomic mass is 10.2. The van der Waals surface area contributed by atoms with Gasteiger partial charge in [-0.2, -0.15) is 5.06 Å². The second-order valence-electron chi connectivity index (χ2n) is 2.06. The van der Waals surface area contributed by atoms with Crippen molar-refractivity contribution in [2.24, 2.45) is 0 Å². The smallest absolute Gasteiger partial charge is 0.0273 e. The Kier molecular flexibility index (Phi) is 2.24. The zero-order valence-electron chi connectivity index (χ0n) is 4.77. The lowest BCUT2D eigenvalue weighted by molar-refractivity contribution is -0.326. The summed E-state index contributed by atoms with van der Waals surface area (Å²) in [5.41, 5.74) is 0. The number of piperidine rings is 1. The van der Waals surface area contributed by atoms with E-state index in [1.807, 2.05) is 0 Å². The van der Waals surface area contributed by atoms with E-state index in [9.17, 15) is 4.53 Å². The van der Waals surface area contributed by atoms with Crippen molar-refractivity contribution in [1.82, 2.24) is 5.06 Å². The molecular weight excluding hydrogens is 109 g/mol. The average molecular weight is 119 g/mol. The van der Waals surface area contributed by atoms with E-state index >= 15 is 0 Å². The lowest BCUT2D eigenvalue weighted by Crippen LogP contribution is -2.26. The lowest BCUT2D eigenvalue weighted by Gasteiger charge is -2.19. The van der Waals surface area contributed by atoms with Gasteiger partial charge in [-0.25, -0.2) is 0 Å². The van der Waals surface area contributed by atoms with Crippen LogP contribution >= 0.6 is 0 Å². The minimum absolute atomic E-state index is 0.747. The van der Waals surface area contributed by atoms with Crippen molar-refractivity contribution >= 4 is 0 Å². The maximum absolute atomic E-state index is 11.3. The van der Waals surface area contributed by atoms with Gasteiger partial charge in [-0.05, 0) is 17.4 Å². The van der Waals surface area contributed by atoms with E-state index < -0.39 is 0 Å². The molecule has 1 aliphatic heterocycles. The molecular formula is C5H10FNO. The van der Waals surface area contributed by atoms with E-state index in [1.165, 1.54) is 11.5 Å². The molecule has 1 aliphatic rings. The maximum Gasteiger partial charge on any atom is 0.0273 e. The van der Waals surface area contributed by atoms with Crippen LogP contribution in [-0.4, -0.2) is 18.2 Å². The van der Waals surface area contributed by atoms with Crippen molar-refractivity contribution in [3.05, 3.63) is 0 Å². The first-order valence-electron chi connectivity index (χ1n) is 2.97. The van der Waals surface area contributed by atoms with Crippen LogP contribution in [0.1, 0.15) is 19.3 Å². The Bertz CT molecular complexity index is 63.4. The standard InChI is InChI=1S/C5H10FNO/c6-8-7-4-2-1-3-5-7/h1-5H2. The predicted octanol–water partition coefficient (Wildman–Crippen LogP) is 1.29. The second kappa shape index (κ2) is 2.99. The molecule has 1 fully saturated rings. The molecule has 0 spiro atoms. The highest BCUT2D eigenvalue weighted by molar-refractivity contribution is 4.54. The number of hydroxylamine groups is 2. The topological polar surface area (TPSA) is 12.5 Å². The summed E-state index contributed by atoms with van der Waals surface area (Å²) >= 11 is 0. The van der Waals surface area contributed by atoms with E-state index in [0.717, 1.165) is 25.9 Å². The molecule has 0 aliphatic carbocycles. The fraction of sp³-hybridized carbons (Fsp3) is 1.00. The summed E-state index contributed by atoms with van der Waals surface area (Å²) in [6.45, 7) is 1.49. The van der Waals surface area contributed by atoms with E-state index in [-0.39, 0.29) is 0 Å². The van der Waals surface area contributed by atoms with Crippen molar-refractivity contribution in [2.45, 2.75) is 19.3 Å². The third-order valence-electron chi connectivity index (χ3n) is 1.41. The van der Waals surface area contributed by atoms with Crippen molar-refractivity contribution in [2.75, 3.05) is 13.1 Å². The van der Waals surface area contributed by atoms with Crippen LogP contribution in [0.2, 0.25) is 0 Å². The van der Waals surface area contributed by atoms with Crippen LogP contribution in [0.15, 0.2) is 0 Å². The first-order valence-corrected chi connectivity index (χ1v) is 2.97. The number of hydrogen-bond acceptors (Lipinski definition) is 2. The van der Waals surface area contributed by atoms with Gasteiger partial charge in [0.15, 0.2) is 0 Å². The summed E-state index contributed by atoms with van der Waals surface area (Å²) in [5, 5.41) is 4.88. The van der Waals surface area contributed by atoms with Crippen LogP contribution in [-0.2, 0) is 5.04 Å². The van der Waals surface area contributed by atoms with Crippen LogP contribution in [0, 0.1) is 0 Å². The summed E-state index contributed by atoms with van der Waals surface area (Å²) < 4.78 is 11.3. The molecule has 0 N–H and O–H groups in total. The van der Waals surface area contributed by atoms with E-state index in [0.29, 0.717) is 0 Å². The van der Waals surface area contributed by atoms with Crippen LogP contribution < -0.4 is 0 Å². The number of nitrogens with zero attached hydrogens (tertiary/aromatic N) is 1. The SMILES string of the molecule is FON1CCCCC1. The van der Waals surface area contributed by atoms with E-state index in [4.69, 9.17) is 0 Å². The van der Waals surface area contributed by atoms with Gasteiger partial charge in [-0.15, -0.1) is 0 Å². The van der Waals surface area contributed by atoms with Gasteiger partial charge in [-0.1, -0.05) is 11.5 Å². The molecule has 0 bridgehead atoms. The third-order valence-corrected chi connectivity index (χ3v) is 1.41. The van der Waals surface area contributed by atoms with Gasteiger partial charge in [-0.3, -0.25) is 0 Å². The molecule has 8 heavy (non-hydrogen) atoms. The summed E-state index contributed by atoms with van der Waals surface area (Å²) in [5.74, 6) is 0. The van der Waals surface area contributed by atoms with E-state index in [2.05, 4.69) is 5.04 Å². The van der Waals surface area contributed by atoms with Gasteiger partial charge >= 0.3 is 0 Å². The Labute approximate surface area is 48.1 Å². The van der Waals surface area contributed by atoms with Gasteiger partial charge < -0.3 is 0 Å². The summed E-state index contributed by atoms with van der Waals surface area (Å²) in [4.78, 5) is 0. The molecule has 0 radical (unpaired) electrons. The van der Waals surface area contributed by atoms with E-state index in [1.54, 1.807) is 0 Å². The normalized spacial score (nSPS) is 23.6. The molecule has 2 nitrogen and oxygen atoms in total. The molecule has 0 amide bonds. The van der Waals surface area contributed by atoms with Gasteiger partial charge in [0.1, 0.15) is 0 Å². The molecule has 1 rings (SSSR count). The van der Waals surface area contributed by atoms with Crippen molar-refractivity contribution in [3.8, 4) is 0 Å². The van der Waals surface area contributed by atoms with Gasteiger partial charge in [0, 0.05) is 13.1 Å². The Morgan fingerprint density at radius 1 is 1.12 bits per heavy atom. The molecule has 0 aromatic carbocycles. The molecule has 0 aromatic rings. The Morgan fingerprint density at radius 3 is 2.12 bits per heavy atom. The zero-order valence-corrected chi connectivity index (χ0v) is 4.77. The summed E-state index contributed by atoms with van der Waals surface area (Å²) in [6.07, 6.45) is 3.33.